The van der Waals surface area contributed by atoms with Gasteiger partial charge in [-0.1, -0.05) is 74.2 Å². The number of unbranched alkanes of at least 4 members (excludes halogenated alkanes) is 2. The Balaban J connectivity index is 2.00. The smallest absolute Gasteiger partial charge is 0.408 e. The van der Waals surface area contributed by atoms with Crippen molar-refractivity contribution in [3.8, 4) is 12.3 Å². The van der Waals surface area contributed by atoms with E-state index in [1.165, 1.54) is 0 Å². The Labute approximate surface area is 232 Å². The first-order chi connectivity index (χ1) is 18.6. The van der Waals surface area contributed by atoms with Gasteiger partial charge >= 0.3 is 6.09 Å². The molecule has 2 aromatic carbocycles. The summed E-state index contributed by atoms with van der Waals surface area (Å²) in [5, 5.41) is 5.83. The lowest BCUT2D eigenvalue weighted by Gasteiger charge is -2.35. The van der Waals surface area contributed by atoms with Crippen molar-refractivity contribution in [2.24, 2.45) is 0 Å². The molecule has 3 rings (SSSR count). The maximum absolute atomic E-state index is 14.3. The van der Waals surface area contributed by atoms with Gasteiger partial charge in [-0.2, -0.15) is 0 Å². The topological polar surface area (TPSA) is 87.7 Å². The highest BCUT2D eigenvalue weighted by Gasteiger charge is 2.44. The van der Waals surface area contributed by atoms with E-state index in [2.05, 4.69) is 23.5 Å². The Bertz CT molecular complexity index is 1160. The van der Waals surface area contributed by atoms with Crippen LogP contribution in [0, 0.1) is 12.3 Å². The number of carbonyl (C=O) groups excluding carboxylic acids is 3. The van der Waals surface area contributed by atoms with Gasteiger partial charge in [0.2, 0.25) is 11.8 Å². The number of terminal acetylenes is 1. The van der Waals surface area contributed by atoms with E-state index in [0.29, 0.717) is 17.7 Å². The molecule has 2 N–H and O–H groups in total. The number of nitrogens with zero attached hydrogens (tertiary/aromatic N) is 1. The van der Waals surface area contributed by atoms with Crippen molar-refractivity contribution in [2.75, 3.05) is 6.54 Å². The molecule has 208 valence electrons. The Hall–Kier alpha value is -3.79. The second-order valence-corrected chi connectivity index (χ2v) is 11.0. The van der Waals surface area contributed by atoms with E-state index < -0.39 is 23.8 Å². The summed E-state index contributed by atoms with van der Waals surface area (Å²) in [6, 6.07) is 14.7. The van der Waals surface area contributed by atoms with E-state index in [-0.39, 0.29) is 24.3 Å². The number of alkyl carbamates (subject to hydrolysis) is 1. The van der Waals surface area contributed by atoms with Crippen LogP contribution < -0.4 is 10.6 Å². The predicted molar refractivity (Wildman–Crippen MR) is 153 cm³/mol. The molecule has 39 heavy (non-hydrogen) atoms. The van der Waals surface area contributed by atoms with Crippen LogP contribution in [0.1, 0.15) is 82.5 Å². The Morgan fingerprint density at radius 1 is 1.05 bits per heavy atom. The number of hydrogen-bond acceptors (Lipinski definition) is 4. The van der Waals surface area contributed by atoms with E-state index in [4.69, 9.17) is 11.2 Å². The summed E-state index contributed by atoms with van der Waals surface area (Å²) in [5.74, 6) is 2.07. The molecule has 7 nitrogen and oxygen atoms in total. The zero-order chi connectivity index (χ0) is 28.4. The number of rotatable bonds is 12. The molecule has 0 spiro atoms. The lowest BCUT2D eigenvalue weighted by Crippen LogP contribution is -2.54. The number of ether oxygens (including phenoxy) is 1. The summed E-state index contributed by atoms with van der Waals surface area (Å²) in [6.07, 6.45) is 9.81. The summed E-state index contributed by atoms with van der Waals surface area (Å²) in [7, 11) is 0. The molecule has 0 aromatic heterocycles. The summed E-state index contributed by atoms with van der Waals surface area (Å²) < 4.78 is 5.49. The third-order valence-corrected chi connectivity index (χ3v) is 6.48. The second-order valence-electron chi connectivity index (χ2n) is 11.0. The van der Waals surface area contributed by atoms with E-state index in [1.807, 2.05) is 48.5 Å². The van der Waals surface area contributed by atoms with Crippen molar-refractivity contribution in [1.82, 2.24) is 15.5 Å². The highest BCUT2D eigenvalue weighted by Crippen LogP contribution is 2.36. The maximum atomic E-state index is 14.3. The van der Waals surface area contributed by atoms with Crippen LogP contribution in [0.3, 0.4) is 0 Å². The first-order valence-corrected chi connectivity index (χ1v) is 13.8. The van der Waals surface area contributed by atoms with Gasteiger partial charge in [0.15, 0.2) is 0 Å². The molecule has 2 aromatic rings. The van der Waals surface area contributed by atoms with Crippen LogP contribution in [-0.4, -0.2) is 47.0 Å². The average Bonchev–Trinajstić information content (AvgIpc) is 3.73. The molecule has 1 aliphatic carbocycles. The van der Waals surface area contributed by atoms with Crippen molar-refractivity contribution in [3.05, 3.63) is 71.3 Å². The first-order valence-electron chi connectivity index (χ1n) is 13.8. The molecule has 0 bridgehead atoms. The summed E-state index contributed by atoms with van der Waals surface area (Å²) in [6.45, 7) is 7.93. The van der Waals surface area contributed by atoms with Gasteiger partial charge in [0.1, 0.15) is 17.7 Å². The molecule has 7 heteroatoms. The molecular weight excluding hydrogens is 490 g/mol. The molecule has 2 atom stereocenters. The zero-order valence-corrected chi connectivity index (χ0v) is 23.5. The molecule has 1 saturated carbocycles. The van der Waals surface area contributed by atoms with Gasteiger partial charge in [-0.05, 0) is 57.2 Å². The van der Waals surface area contributed by atoms with Gasteiger partial charge in [0, 0.05) is 24.6 Å². The molecule has 0 radical (unpaired) electrons. The Morgan fingerprint density at radius 3 is 2.33 bits per heavy atom. The number of amides is 3. The van der Waals surface area contributed by atoms with E-state index in [9.17, 15) is 14.4 Å². The van der Waals surface area contributed by atoms with Crippen molar-refractivity contribution in [2.45, 2.75) is 89.9 Å². The molecule has 0 heterocycles. The van der Waals surface area contributed by atoms with Gasteiger partial charge in [-0.3, -0.25) is 9.59 Å². The second kappa shape index (κ2) is 13.8. The maximum Gasteiger partial charge on any atom is 0.408 e. The minimum absolute atomic E-state index is 0.131. The molecule has 1 fully saturated rings. The largest absolute Gasteiger partial charge is 0.444 e. The Kier molecular flexibility index (Phi) is 10.6. The molecule has 0 saturated heterocycles. The fraction of sp³-hybridized carbons (Fsp3) is 0.469. The van der Waals surface area contributed by atoms with Gasteiger partial charge in [-0.25, -0.2) is 4.79 Å². The lowest BCUT2D eigenvalue weighted by atomic mass is 9.96. The summed E-state index contributed by atoms with van der Waals surface area (Å²) >= 11 is 0. The quantitative estimate of drug-likeness (QED) is 0.293. The van der Waals surface area contributed by atoms with Crippen LogP contribution in [0.2, 0.25) is 0 Å². The van der Waals surface area contributed by atoms with Crippen LogP contribution in [0.25, 0.3) is 0 Å². The fourth-order valence-corrected chi connectivity index (χ4v) is 4.52. The van der Waals surface area contributed by atoms with Crippen LogP contribution in [-0.2, 0) is 20.7 Å². The minimum Gasteiger partial charge on any atom is -0.444 e. The van der Waals surface area contributed by atoms with Crippen LogP contribution in [0.4, 0.5) is 4.79 Å². The number of hydrogen-bond donors (Lipinski definition) is 2. The van der Waals surface area contributed by atoms with E-state index in [0.717, 1.165) is 37.7 Å². The predicted octanol–water partition coefficient (Wildman–Crippen LogP) is 5.14. The molecule has 0 aliphatic heterocycles. The number of nitrogens with one attached hydrogen (secondary N) is 2. The third kappa shape index (κ3) is 8.88. The van der Waals surface area contributed by atoms with Crippen LogP contribution in [0.5, 0.6) is 0 Å². The first kappa shape index (κ1) is 29.8. The van der Waals surface area contributed by atoms with Crippen LogP contribution >= 0.6 is 0 Å². The average molecular weight is 532 g/mol. The van der Waals surface area contributed by atoms with Gasteiger partial charge < -0.3 is 20.3 Å². The Morgan fingerprint density at radius 2 is 1.72 bits per heavy atom. The van der Waals surface area contributed by atoms with Crippen molar-refractivity contribution < 1.29 is 19.1 Å². The summed E-state index contributed by atoms with van der Waals surface area (Å²) in [4.78, 5) is 42.6. The van der Waals surface area contributed by atoms with Crippen molar-refractivity contribution in [1.29, 1.82) is 0 Å². The lowest BCUT2D eigenvalue weighted by molar-refractivity contribution is -0.143. The fourth-order valence-electron chi connectivity index (χ4n) is 4.52. The van der Waals surface area contributed by atoms with Crippen LogP contribution in [0.15, 0.2) is 54.6 Å². The molecule has 1 aliphatic rings. The third-order valence-electron chi connectivity index (χ3n) is 6.48. The highest BCUT2D eigenvalue weighted by atomic mass is 16.6. The molecule has 2 unspecified atom stereocenters. The molecule has 3 amide bonds. The summed E-state index contributed by atoms with van der Waals surface area (Å²) in [5.41, 5.74) is 1.31. The number of carbonyl (C=O) groups is 3. The zero-order valence-electron chi connectivity index (χ0n) is 23.5. The van der Waals surface area contributed by atoms with Gasteiger partial charge in [0.25, 0.3) is 0 Å². The minimum atomic E-state index is -0.934. The van der Waals surface area contributed by atoms with E-state index in [1.54, 1.807) is 31.7 Å². The standard InChI is InChI=1S/C32H41N3O4/c1-6-8-14-21-33-29(36)28(26-18-13-12-17-24(26)7-2)35(25-19-20-25)30(37)27(22-23-15-10-9-11-16-23)34-31(38)39-32(3,4)5/h2,9-13,15-18,25,27-28H,6,8,14,19-22H2,1,3-5H3,(H,33,36)(H,34,38). The SMILES string of the molecule is C#Cc1ccccc1C(C(=O)NCCCCC)N(C(=O)C(Cc1ccccc1)NC(=O)OC(C)(C)C)C1CC1. The monoisotopic (exact) mass is 531 g/mol. The molecular formula is C32H41N3O4. The number of benzene rings is 2. The van der Waals surface area contributed by atoms with Crippen molar-refractivity contribution >= 4 is 17.9 Å². The van der Waals surface area contributed by atoms with Gasteiger partial charge in [-0.15, -0.1) is 6.42 Å². The van der Waals surface area contributed by atoms with Crippen molar-refractivity contribution in [3.63, 3.8) is 0 Å². The highest BCUT2D eigenvalue weighted by molar-refractivity contribution is 5.93. The van der Waals surface area contributed by atoms with Gasteiger partial charge in [0.05, 0.1) is 0 Å². The normalized spacial score (nSPS) is 14.4. The van der Waals surface area contributed by atoms with E-state index >= 15 is 0 Å².